The van der Waals surface area contributed by atoms with Crippen LogP contribution in [0.4, 0.5) is 5.69 Å². The molecule has 1 aromatic carbocycles. The maximum absolute atomic E-state index is 11.9. The molecule has 1 rings (SSSR count). The van der Waals surface area contributed by atoms with Crippen molar-refractivity contribution in [1.29, 1.82) is 0 Å². The molecule has 0 aromatic heterocycles. The van der Waals surface area contributed by atoms with E-state index < -0.39 is 0 Å². The highest BCUT2D eigenvalue weighted by Gasteiger charge is 2.13. The number of carbonyl (C=O) groups excluding carboxylic acids is 2. The summed E-state index contributed by atoms with van der Waals surface area (Å²) < 4.78 is 4.89. The van der Waals surface area contributed by atoms with Gasteiger partial charge in [0.05, 0.1) is 13.2 Å². The van der Waals surface area contributed by atoms with Crippen LogP contribution in [0.15, 0.2) is 18.2 Å². The molecule has 0 atom stereocenters. The van der Waals surface area contributed by atoms with Gasteiger partial charge in [0.25, 0.3) is 0 Å². The van der Waals surface area contributed by atoms with Crippen molar-refractivity contribution in [2.24, 2.45) is 0 Å². The zero-order valence-electron chi connectivity index (χ0n) is 11.3. The highest BCUT2D eigenvalue weighted by molar-refractivity contribution is 6.35. The van der Waals surface area contributed by atoms with E-state index in [1.54, 1.807) is 18.2 Å². The number of ether oxygens (including phenoxy) is 1. The van der Waals surface area contributed by atoms with Gasteiger partial charge in [0.2, 0.25) is 11.8 Å². The molecular formula is C13H16Cl2N2O3. The highest BCUT2D eigenvalue weighted by Crippen LogP contribution is 2.22. The second-order valence-corrected chi connectivity index (χ2v) is 5.01. The second-order valence-electron chi connectivity index (χ2n) is 4.14. The first-order valence-corrected chi connectivity index (χ1v) is 6.68. The van der Waals surface area contributed by atoms with Gasteiger partial charge >= 0.3 is 0 Å². The molecule has 110 valence electrons. The van der Waals surface area contributed by atoms with Crippen LogP contribution in [-0.4, -0.2) is 43.5 Å². The molecule has 0 unspecified atom stereocenters. The van der Waals surface area contributed by atoms with Crippen LogP contribution in [0.1, 0.15) is 6.92 Å². The van der Waals surface area contributed by atoms with Gasteiger partial charge in [-0.1, -0.05) is 23.2 Å². The van der Waals surface area contributed by atoms with Gasteiger partial charge in [-0.25, -0.2) is 0 Å². The zero-order chi connectivity index (χ0) is 15.1. The molecular weight excluding hydrogens is 303 g/mol. The molecule has 1 N–H and O–H groups in total. The Balaban J connectivity index is 2.63. The Kier molecular flexibility index (Phi) is 6.78. The Morgan fingerprint density at radius 1 is 1.25 bits per heavy atom. The predicted octanol–water partition coefficient (Wildman–Crippen LogP) is 2.43. The Bertz CT molecular complexity index is 474. The van der Waals surface area contributed by atoms with Crippen LogP contribution >= 0.6 is 23.2 Å². The van der Waals surface area contributed by atoms with Gasteiger partial charge in [0.15, 0.2) is 0 Å². The number of halogens is 2. The van der Waals surface area contributed by atoms with E-state index in [2.05, 4.69) is 5.32 Å². The molecule has 0 radical (unpaired) electrons. The van der Waals surface area contributed by atoms with Gasteiger partial charge in [0, 0.05) is 36.3 Å². The predicted molar refractivity (Wildman–Crippen MR) is 79.2 cm³/mol. The molecule has 7 heteroatoms. The monoisotopic (exact) mass is 318 g/mol. The van der Waals surface area contributed by atoms with Crippen molar-refractivity contribution in [3.8, 4) is 0 Å². The van der Waals surface area contributed by atoms with Gasteiger partial charge in [-0.05, 0) is 18.2 Å². The number of hydrogen-bond acceptors (Lipinski definition) is 3. The lowest BCUT2D eigenvalue weighted by Gasteiger charge is -2.20. The van der Waals surface area contributed by atoms with E-state index >= 15 is 0 Å². The number of hydrogen-bond donors (Lipinski definition) is 1. The fourth-order valence-electron chi connectivity index (χ4n) is 1.55. The number of methoxy groups -OCH3 is 1. The third-order valence-electron chi connectivity index (χ3n) is 2.49. The average molecular weight is 319 g/mol. The summed E-state index contributed by atoms with van der Waals surface area (Å²) in [5, 5.41) is 3.50. The number of amides is 2. The molecule has 0 saturated carbocycles. The molecule has 0 aliphatic rings. The summed E-state index contributed by atoms with van der Waals surface area (Å²) in [6.45, 7) is 2.08. The maximum atomic E-state index is 11.9. The average Bonchev–Trinajstić information content (AvgIpc) is 2.32. The molecule has 0 spiro atoms. The summed E-state index contributed by atoms with van der Waals surface area (Å²) in [6, 6.07) is 4.73. The van der Waals surface area contributed by atoms with Gasteiger partial charge in [-0.3, -0.25) is 9.59 Å². The first kappa shape index (κ1) is 16.8. The molecule has 5 nitrogen and oxygen atoms in total. The fraction of sp³-hybridized carbons (Fsp3) is 0.385. The van der Waals surface area contributed by atoms with E-state index in [0.29, 0.717) is 28.9 Å². The van der Waals surface area contributed by atoms with E-state index in [-0.39, 0.29) is 18.4 Å². The smallest absolute Gasteiger partial charge is 0.243 e. The fourth-order valence-corrected chi connectivity index (χ4v) is 2.08. The molecule has 0 saturated heterocycles. The number of benzene rings is 1. The molecule has 20 heavy (non-hydrogen) atoms. The first-order chi connectivity index (χ1) is 9.42. The van der Waals surface area contributed by atoms with Gasteiger partial charge < -0.3 is 15.0 Å². The summed E-state index contributed by atoms with van der Waals surface area (Å²) in [5.41, 5.74) is 0.489. The minimum Gasteiger partial charge on any atom is -0.383 e. The van der Waals surface area contributed by atoms with Gasteiger partial charge in [0.1, 0.15) is 0 Å². The number of nitrogens with one attached hydrogen (secondary N) is 1. The Hall–Kier alpha value is -1.30. The summed E-state index contributed by atoms with van der Waals surface area (Å²) >= 11 is 11.7. The summed E-state index contributed by atoms with van der Waals surface area (Å²) in [4.78, 5) is 24.7. The van der Waals surface area contributed by atoms with Crippen LogP contribution in [-0.2, 0) is 14.3 Å². The van der Waals surface area contributed by atoms with Crippen molar-refractivity contribution in [1.82, 2.24) is 4.90 Å². The van der Waals surface area contributed by atoms with Crippen LogP contribution in [0.3, 0.4) is 0 Å². The normalized spacial score (nSPS) is 10.2. The van der Waals surface area contributed by atoms with Crippen LogP contribution < -0.4 is 5.32 Å². The number of rotatable bonds is 6. The minimum atomic E-state index is -0.324. The number of carbonyl (C=O) groups is 2. The van der Waals surface area contributed by atoms with Crippen LogP contribution in [0.25, 0.3) is 0 Å². The molecule has 0 aliphatic heterocycles. The first-order valence-electron chi connectivity index (χ1n) is 5.92. The lowest BCUT2D eigenvalue weighted by molar-refractivity contribution is -0.133. The van der Waals surface area contributed by atoms with E-state index in [0.717, 1.165) is 0 Å². The second kappa shape index (κ2) is 8.09. The van der Waals surface area contributed by atoms with E-state index in [9.17, 15) is 9.59 Å². The van der Waals surface area contributed by atoms with Crippen molar-refractivity contribution in [2.45, 2.75) is 6.92 Å². The zero-order valence-corrected chi connectivity index (χ0v) is 12.8. The standard InChI is InChI=1S/C13H16Cl2N2O3/c1-9(18)17(3-4-20-2)8-13(19)16-12-6-10(14)5-11(15)7-12/h5-7H,3-4,8H2,1-2H3,(H,16,19). The number of nitrogens with zero attached hydrogens (tertiary/aromatic N) is 1. The van der Waals surface area contributed by atoms with E-state index in [1.807, 2.05) is 0 Å². The molecule has 0 fully saturated rings. The van der Waals surface area contributed by atoms with Gasteiger partial charge in [-0.2, -0.15) is 0 Å². The van der Waals surface area contributed by atoms with Gasteiger partial charge in [-0.15, -0.1) is 0 Å². The van der Waals surface area contributed by atoms with Crippen molar-refractivity contribution in [2.75, 3.05) is 32.1 Å². The SMILES string of the molecule is COCCN(CC(=O)Nc1cc(Cl)cc(Cl)c1)C(C)=O. The lowest BCUT2D eigenvalue weighted by atomic mass is 10.3. The Labute approximate surface area is 127 Å². The van der Waals surface area contributed by atoms with E-state index in [1.165, 1.54) is 18.9 Å². The molecule has 1 aromatic rings. The topological polar surface area (TPSA) is 58.6 Å². The maximum Gasteiger partial charge on any atom is 0.243 e. The van der Waals surface area contributed by atoms with E-state index in [4.69, 9.17) is 27.9 Å². The largest absolute Gasteiger partial charge is 0.383 e. The summed E-state index contributed by atoms with van der Waals surface area (Å²) in [6.07, 6.45) is 0. The minimum absolute atomic E-state index is 0.0528. The quantitative estimate of drug-likeness (QED) is 0.876. The third kappa shape index (κ3) is 5.77. The molecule has 0 heterocycles. The highest BCUT2D eigenvalue weighted by atomic mass is 35.5. The van der Waals surface area contributed by atoms with Crippen LogP contribution in [0.5, 0.6) is 0 Å². The van der Waals surface area contributed by atoms with Crippen LogP contribution in [0, 0.1) is 0 Å². The Morgan fingerprint density at radius 3 is 2.35 bits per heavy atom. The molecule has 2 amide bonds. The molecule has 0 aliphatic carbocycles. The lowest BCUT2D eigenvalue weighted by Crippen LogP contribution is -2.38. The third-order valence-corrected chi connectivity index (χ3v) is 2.93. The number of anilines is 1. The van der Waals surface area contributed by atoms with Crippen LogP contribution in [0.2, 0.25) is 10.0 Å². The van der Waals surface area contributed by atoms with Crippen molar-refractivity contribution in [3.05, 3.63) is 28.2 Å². The van der Waals surface area contributed by atoms with Crippen molar-refractivity contribution in [3.63, 3.8) is 0 Å². The Morgan fingerprint density at radius 2 is 1.85 bits per heavy atom. The van der Waals surface area contributed by atoms with Crippen molar-refractivity contribution >= 4 is 40.7 Å². The summed E-state index contributed by atoms with van der Waals surface area (Å²) in [5.74, 6) is -0.518. The van der Waals surface area contributed by atoms with Crippen molar-refractivity contribution < 1.29 is 14.3 Å². The summed E-state index contributed by atoms with van der Waals surface area (Å²) in [7, 11) is 1.53. The molecule has 0 bridgehead atoms.